The van der Waals surface area contributed by atoms with Gasteiger partial charge in [0, 0.05) is 18.5 Å². The monoisotopic (exact) mass is 301 g/mol. The zero-order valence-corrected chi connectivity index (χ0v) is 12.8. The van der Waals surface area contributed by atoms with E-state index in [-0.39, 0.29) is 17.7 Å². The molecule has 2 aliphatic rings. The zero-order valence-electron chi connectivity index (χ0n) is 12.8. The molecule has 2 atom stereocenters. The first-order valence-electron chi connectivity index (χ1n) is 8.22. The molecule has 0 heterocycles. The summed E-state index contributed by atoms with van der Waals surface area (Å²) in [5, 5.41) is 9.21. The number of carboxylic acid groups (broad SMARTS) is 1. The van der Waals surface area contributed by atoms with Gasteiger partial charge in [0.1, 0.15) is 0 Å². The number of amides is 1. The predicted octanol–water partition coefficient (Wildman–Crippen LogP) is 3.07. The molecule has 0 aromatic heterocycles. The smallest absolute Gasteiger partial charge is 0.306 e. The molecule has 0 aliphatic heterocycles. The van der Waals surface area contributed by atoms with Gasteiger partial charge in [-0.2, -0.15) is 0 Å². The minimum absolute atomic E-state index is 0.112. The summed E-state index contributed by atoms with van der Waals surface area (Å²) < 4.78 is 0. The third kappa shape index (κ3) is 3.49. The van der Waals surface area contributed by atoms with E-state index in [0.717, 1.165) is 31.2 Å². The van der Waals surface area contributed by atoms with Crippen molar-refractivity contribution >= 4 is 11.9 Å². The Labute approximate surface area is 131 Å². The Morgan fingerprint density at radius 2 is 1.73 bits per heavy atom. The average molecular weight is 301 g/mol. The molecule has 2 unspecified atom stereocenters. The lowest BCUT2D eigenvalue weighted by Crippen LogP contribution is -2.40. The zero-order chi connectivity index (χ0) is 15.5. The number of carbonyl (C=O) groups is 2. The van der Waals surface area contributed by atoms with Crippen molar-refractivity contribution in [2.75, 3.05) is 0 Å². The van der Waals surface area contributed by atoms with E-state index in [1.807, 2.05) is 35.2 Å². The first kappa shape index (κ1) is 15.1. The fourth-order valence-electron chi connectivity index (χ4n) is 3.43. The van der Waals surface area contributed by atoms with Crippen LogP contribution in [0.1, 0.15) is 44.1 Å². The molecule has 0 radical (unpaired) electrons. The number of hydrogen-bond donors (Lipinski definition) is 1. The minimum Gasteiger partial charge on any atom is -0.481 e. The second kappa shape index (κ2) is 6.51. The van der Waals surface area contributed by atoms with Crippen molar-refractivity contribution < 1.29 is 14.7 Å². The van der Waals surface area contributed by atoms with Crippen LogP contribution in [0.25, 0.3) is 0 Å². The summed E-state index contributed by atoms with van der Waals surface area (Å²) >= 11 is 0. The molecular weight excluding hydrogens is 278 g/mol. The van der Waals surface area contributed by atoms with E-state index >= 15 is 0 Å². The Morgan fingerprint density at radius 3 is 2.36 bits per heavy atom. The number of hydrogen-bond acceptors (Lipinski definition) is 2. The maximum atomic E-state index is 12.9. The van der Waals surface area contributed by atoms with Gasteiger partial charge < -0.3 is 10.0 Å². The van der Waals surface area contributed by atoms with E-state index < -0.39 is 5.97 Å². The Hall–Kier alpha value is -1.84. The van der Waals surface area contributed by atoms with E-state index in [9.17, 15) is 14.7 Å². The van der Waals surface area contributed by atoms with Gasteiger partial charge in [-0.05, 0) is 37.7 Å². The molecule has 2 aliphatic carbocycles. The summed E-state index contributed by atoms with van der Waals surface area (Å²) in [6, 6.07) is 10.4. The maximum Gasteiger partial charge on any atom is 0.306 e. The third-order valence-corrected chi connectivity index (χ3v) is 4.84. The maximum absolute atomic E-state index is 12.9. The highest BCUT2D eigenvalue weighted by Crippen LogP contribution is 2.35. The number of carboxylic acids is 1. The van der Waals surface area contributed by atoms with Gasteiger partial charge in [0.2, 0.25) is 5.91 Å². The second-order valence-corrected chi connectivity index (χ2v) is 6.58. The SMILES string of the molecule is O=C(O)C1CCCC(C(=O)N(Cc2ccccc2)C2CC2)C1. The quantitative estimate of drug-likeness (QED) is 0.909. The molecule has 4 heteroatoms. The molecule has 2 fully saturated rings. The van der Waals surface area contributed by atoms with Crippen molar-refractivity contribution in [3.63, 3.8) is 0 Å². The summed E-state index contributed by atoms with van der Waals surface area (Å²) in [4.78, 5) is 26.1. The van der Waals surface area contributed by atoms with Crippen LogP contribution in [0.15, 0.2) is 30.3 Å². The molecule has 0 spiro atoms. The van der Waals surface area contributed by atoms with Crippen LogP contribution in [0.3, 0.4) is 0 Å². The van der Waals surface area contributed by atoms with Crippen LogP contribution in [0.4, 0.5) is 0 Å². The Balaban J connectivity index is 1.68. The summed E-state index contributed by atoms with van der Waals surface area (Å²) in [5.41, 5.74) is 1.15. The van der Waals surface area contributed by atoms with Gasteiger partial charge in [0.25, 0.3) is 0 Å². The number of aliphatic carboxylic acids is 1. The Kier molecular flexibility index (Phi) is 4.46. The molecule has 118 valence electrons. The molecule has 3 rings (SSSR count). The second-order valence-electron chi connectivity index (χ2n) is 6.58. The molecule has 2 saturated carbocycles. The van der Waals surface area contributed by atoms with Gasteiger partial charge in [-0.1, -0.05) is 36.8 Å². The number of carbonyl (C=O) groups excluding carboxylic acids is 1. The van der Waals surface area contributed by atoms with Gasteiger partial charge in [0.15, 0.2) is 0 Å². The lowest BCUT2D eigenvalue weighted by atomic mass is 9.80. The predicted molar refractivity (Wildman–Crippen MR) is 83.1 cm³/mol. The van der Waals surface area contributed by atoms with Gasteiger partial charge in [-0.25, -0.2) is 0 Å². The van der Waals surface area contributed by atoms with Crippen molar-refractivity contribution in [1.82, 2.24) is 4.90 Å². The molecule has 22 heavy (non-hydrogen) atoms. The minimum atomic E-state index is -0.751. The lowest BCUT2D eigenvalue weighted by Gasteiger charge is -2.31. The average Bonchev–Trinajstić information content (AvgIpc) is 3.38. The van der Waals surface area contributed by atoms with Crippen molar-refractivity contribution in [3.8, 4) is 0 Å². The summed E-state index contributed by atoms with van der Waals surface area (Å²) in [5.74, 6) is -1.05. The normalized spacial score (nSPS) is 24.7. The Morgan fingerprint density at radius 1 is 1.05 bits per heavy atom. The molecule has 1 aromatic carbocycles. The standard InChI is InChI=1S/C18H23NO3/c20-17(14-7-4-8-15(11-14)18(21)22)19(16-9-10-16)12-13-5-2-1-3-6-13/h1-3,5-6,14-16H,4,7-12H2,(H,21,22). The molecular formula is C18H23NO3. The molecule has 0 saturated heterocycles. The molecule has 1 amide bonds. The van der Waals surface area contributed by atoms with E-state index in [2.05, 4.69) is 0 Å². The molecule has 1 aromatic rings. The summed E-state index contributed by atoms with van der Waals surface area (Å²) in [6.45, 7) is 0.651. The van der Waals surface area contributed by atoms with Crippen molar-refractivity contribution in [2.24, 2.45) is 11.8 Å². The van der Waals surface area contributed by atoms with Crippen LogP contribution in [0.5, 0.6) is 0 Å². The van der Waals surface area contributed by atoms with Crippen LogP contribution < -0.4 is 0 Å². The Bertz CT molecular complexity index is 539. The van der Waals surface area contributed by atoms with E-state index in [0.29, 0.717) is 25.4 Å². The lowest BCUT2D eigenvalue weighted by molar-refractivity contribution is -0.145. The van der Waals surface area contributed by atoms with Crippen LogP contribution in [-0.2, 0) is 16.1 Å². The van der Waals surface area contributed by atoms with Crippen molar-refractivity contribution in [2.45, 2.75) is 51.1 Å². The number of rotatable bonds is 5. The topological polar surface area (TPSA) is 57.6 Å². The third-order valence-electron chi connectivity index (χ3n) is 4.84. The first-order valence-corrected chi connectivity index (χ1v) is 8.22. The van der Waals surface area contributed by atoms with Crippen molar-refractivity contribution in [1.29, 1.82) is 0 Å². The first-order chi connectivity index (χ1) is 10.6. The van der Waals surface area contributed by atoms with Gasteiger partial charge in [-0.15, -0.1) is 0 Å². The highest BCUT2D eigenvalue weighted by molar-refractivity contribution is 5.81. The van der Waals surface area contributed by atoms with Crippen LogP contribution in [-0.4, -0.2) is 27.9 Å². The fourth-order valence-corrected chi connectivity index (χ4v) is 3.43. The van der Waals surface area contributed by atoms with E-state index in [1.54, 1.807) is 0 Å². The van der Waals surface area contributed by atoms with Crippen LogP contribution in [0, 0.1) is 11.8 Å². The highest BCUT2D eigenvalue weighted by atomic mass is 16.4. The highest BCUT2D eigenvalue weighted by Gasteiger charge is 2.38. The fraction of sp³-hybridized carbons (Fsp3) is 0.556. The molecule has 0 bridgehead atoms. The van der Waals surface area contributed by atoms with Crippen molar-refractivity contribution in [3.05, 3.63) is 35.9 Å². The molecule has 4 nitrogen and oxygen atoms in total. The largest absolute Gasteiger partial charge is 0.481 e. The van der Waals surface area contributed by atoms with Gasteiger partial charge >= 0.3 is 5.97 Å². The summed E-state index contributed by atoms with van der Waals surface area (Å²) in [6.07, 6.45) is 5.05. The molecule has 1 N–H and O–H groups in total. The van der Waals surface area contributed by atoms with Crippen LogP contribution >= 0.6 is 0 Å². The summed E-state index contributed by atoms with van der Waals surface area (Å²) in [7, 11) is 0. The van der Waals surface area contributed by atoms with E-state index in [1.165, 1.54) is 0 Å². The number of benzene rings is 1. The number of nitrogens with zero attached hydrogens (tertiary/aromatic N) is 1. The van der Waals surface area contributed by atoms with E-state index in [4.69, 9.17) is 0 Å². The van der Waals surface area contributed by atoms with Gasteiger partial charge in [0.05, 0.1) is 5.92 Å². The van der Waals surface area contributed by atoms with Crippen LogP contribution in [0.2, 0.25) is 0 Å². The van der Waals surface area contributed by atoms with Gasteiger partial charge in [-0.3, -0.25) is 9.59 Å².